The van der Waals surface area contributed by atoms with Crippen LogP contribution in [0.1, 0.15) is 11.7 Å². The molecule has 0 fully saturated rings. The van der Waals surface area contributed by atoms with Gasteiger partial charge in [-0.2, -0.15) is 12.6 Å². The van der Waals surface area contributed by atoms with Crippen molar-refractivity contribution in [3.8, 4) is 11.1 Å². The number of rotatable bonds is 4. The molecule has 0 aliphatic heterocycles. The number of benzene rings is 2. The summed E-state index contributed by atoms with van der Waals surface area (Å²) in [6, 6.07) is 17.4. The predicted octanol–water partition coefficient (Wildman–Crippen LogP) is 2.68. The second-order valence-corrected chi connectivity index (χ2v) is 4.51. The zero-order chi connectivity index (χ0) is 13.0. The standard InChI is InChI=1S/C15H16O2S/c16-14(10-18)15(17)13-9-5-4-8-12(13)11-6-2-1-3-7-11/h1-9,14-18H,10H2. The van der Waals surface area contributed by atoms with Crippen molar-refractivity contribution in [2.24, 2.45) is 0 Å². The molecule has 2 nitrogen and oxygen atoms in total. The highest BCUT2D eigenvalue weighted by molar-refractivity contribution is 7.80. The molecule has 2 aromatic carbocycles. The van der Waals surface area contributed by atoms with Crippen molar-refractivity contribution in [2.75, 3.05) is 5.75 Å². The Labute approximate surface area is 112 Å². The van der Waals surface area contributed by atoms with Gasteiger partial charge < -0.3 is 10.2 Å². The molecule has 0 spiro atoms. The molecule has 2 rings (SSSR count). The van der Waals surface area contributed by atoms with Crippen molar-refractivity contribution in [2.45, 2.75) is 12.2 Å². The van der Waals surface area contributed by atoms with Gasteiger partial charge in [-0.15, -0.1) is 0 Å². The van der Waals surface area contributed by atoms with Crippen LogP contribution in [0.5, 0.6) is 0 Å². The third-order valence-corrected chi connectivity index (χ3v) is 3.29. The van der Waals surface area contributed by atoms with Crippen LogP contribution < -0.4 is 0 Å². The molecule has 0 bridgehead atoms. The monoisotopic (exact) mass is 260 g/mol. The van der Waals surface area contributed by atoms with Crippen LogP contribution in [0.4, 0.5) is 0 Å². The maximum atomic E-state index is 10.1. The van der Waals surface area contributed by atoms with E-state index in [4.69, 9.17) is 0 Å². The van der Waals surface area contributed by atoms with Crippen LogP contribution in [0, 0.1) is 0 Å². The van der Waals surface area contributed by atoms with Crippen LogP contribution in [0.15, 0.2) is 54.6 Å². The van der Waals surface area contributed by atoms with E-state index < -0.39 is 12.2 Å². The fourth-order valence-corrected chi connectivity index (χ4v) is 2.14. The summed E-state index contributed by atoms with van der Waals surface area (Å²) in [7, 11) is 0. The van der Waals surface area contributed by atoms with E-state index in [0.717, 1.165) is 16.7 Å². The fourth-order valence-electron chi connectivity index (χ4n) is 1.94. The molecule has 2 unspecified atom stereocenters. The van der Waals surface area contributed by atoms with Crippen molar-refractivity contribution in [3.63, 3.8) is 0 Å². The highest BCUT2D eigenvalue weighted by atomic mass is 32.1. The molecule has 94 valence electrons. The Hall–Kier alpha value is -1.29. The molecular formula is C15H16O2S. The van der Waals surface area contributed by atoms with Gasteiger partial charge in [-0.3, -0.25) is 0 Å². The van der Waals surface area contributed by atoms with E-state index in [9.17, 15) is 10.2 Å². The number of aliphatic hydroxyl groups excluding tert-OH is 2. The van der Waals surface area contributed by atoms with Gasteiger partial charge >= 0.3 is 0 Å². The van der Waals surface area contributed by atoms with E-state index in [1.807, 2.05) is 54.6 Å². The predicted molar refractivity (Wildman–Crippen MR) is 76.7 cm³/mol. The summed E-state index contributed by atoms with van der Waals surface area (Å²) in [4.78, 5) is 0. The molecule has 2 N–H and O–H groups in total. The molecule has 2 atom stereocenters. The van der Waals surface area contributed by atoms with Gasteiger partial charge in [0.1, 0.15) is 6.10 Å². The van der Waals surface area contributed by atoms with E-state index >= 15 is 0 Å². The summed E-state index contributed by atoms with van der Waals surface area (Å²) in [6.45, 7) is 0. The van der Waals surface area contributed by atoms with Crippen LogP contribution in [-0.4, -0.2) is 22.1 Å². The highest BCUT2D eigenvalue weighted by Gasteiger charge is 2.19. The highest BCUT2D eigenvalue weighted by Crippen LogP contribution is 2.29. The van der Waals surface area contributed by atoms with E-state index in [1.54, 1.807) is 0 Å². The summed E-state index contributed by atoms with van der Waals surface area (Å²) in [5.41, 5.74) is 2.69. The molecule has 0 aliphatic rings. The average Bonchev–Trinajstić information content (AvgIpc) is 2.46. The first-order valence-electron chi connectivity index (χ1n) is 5.85. The lowest BCUT2D eigenvalue weighted by Gasteiger charge is -2.19. The topological polar surface area (TPSA) is 40.5 Å². The smallest absolute Gasteiger partial charge is 0.106 e. The van der Waals surface area contributed by atoms with Crippen molar-refractivity contribution in [3.05, 3.63) is 60.2 Å². The summed E-state index contributed by atoms with van der Waals surface area (Å²) in [6.07, 6.45) is -1.78. The van der Waals surface area contributed by atoms with E-state index in [2.05, 4.69) is 12.6 Å². The van der Waals surface area contributed by atoms with E-state index in [-0.39, 0.29) is 5.75 Å². The first kappa shape index (κ1) is 13.1. The Morgan fingerprint density at radius 2 is 1.50 bits per heavy atom. The fraction of sp³-hybridized carbons (Fsp3) is 0.200. The van der Waals surface area contributed by atoms with E-state index in [0.29, 0.717) is 0 Å². The maximum Gasteiger partial charge on any atom is 0.106 e. The van der Waals surface area contributed by atoms with Gasteiger partial charge in [0.25, 0.3) is 0 Å². The van der Waals surface area contributed by atoms with Gasteiger partial charge in [-0.25, -0.2) is 0 Å². The minimum atomic E-state index is -0.918. The third-order valence-electron chi connectivity index (χ3n) is 2.92. The number of thiol groups is 1. The normalized spacial score (nSPS) is 14.2. The second kappa shape index (κ2) is 6.05. The zero-order valence-electron chi connectivity index (χ0n) is 9.90. The molecule has 0 aliphatic carbocycles. The molecular weight excluding hydrogens is 244 g/mol. The molecule has 0 heterocycles. The lowest BCUT2D eigenvalue weighted by Crippen LogP contribution is -2.20. The Morgan fingerprint density at radius 3 is 2.17 bits per heavy atom. The Morgan fingerprint density at radius 1 is 0.889 bits per heavy atom. The third kappa shape index (κ3) is 2.75. The lowest BCUT2D eigenvalue weighted by atomic mass is 9.94. The molecule has 0 amide bonds. The Bertz CT molecular complexity index is 499. The second-order valence-electron chi connectivity index (χ2n) is 4.15. The summed E-state index contributed by atoms with van der Waals surface area (Å²) < 4.78 is 0. The largest absolute Gasteiger partial charge is 0.389 e. The number of hydrogen-bond donors (Lipinski definition) is 3. The van der Waals surface area contributed by atoms with Crippen LogP contribution in [-0.2, 0) is 0 Å². The van der Waals surface area contributed by atoms with Crippen LogP contribution in [0.3, 0.4) is 0 Å². The zero-order valence-corrected chi connectivity index (χ0v) is 10.8. The van der Waals surface area contributed by atoms with E-state index in [1.165, 1.54) is 0 Å². The van der Waals surface area contributed by atoms with Crippen LogP contribution in [0.2, 0.25) is 0 Å². The number of hydrogen-bond acceptors (Lipinski definition) is 3. The molecule has 0 aromatic heterocycles. The van der Waals surface area contributed by atoms with Gasteiger partial charge in [0, 0.05) is 5.75 Å². The van der Waals surface area contributed by atoms with Crippen molar-refractivity contribution in [1.82, 2.24) is 0 Å². The first-order chi connectivity index (χ1) is 8.74. The van der Waals surface area contributed by atoms with Crippen LogP contribution >= 0.6 is 12.6 Å². The average molecular weight is 260 g/mol. The molecule has 0 saturated heterocycles. The molecule has 0 radical (unpaired) electrons. The van der Waals surface area contributed by atoms with Gasteiger partial charge in [-0.05, 0) is 16.7 Å². The number of aliphatic hydroxyl groups is 2. The first-order valence-corrected chi connectivity index (χ1v) is 6.48. The van der Waals surface area contributed by atoms with Gasteiger partial charge in [0.05, 0.1) is 6.10 Å². The quantitative estimate of drug-likeness (QED) is 0.740. The molecule has 3 heteroatoms. The minimum absolute atomic E-state index is 0.226. The van der Waals surface area contributed by atoms with Crippen molar-refractivity contribution >= 4 is 12.6 Å². The summed E-state index contributed by atoms with van der Waals surface area (Å²) >= 11 is 4.02. The molecule has 2 aromatic rings. The summed E-state index contributed by atoms with van der Waals surface area (Å²) in [5, 5.41) is 19.9. The molecule has 0 saturated carbocycles. The maximum absolute atomic E-state index is 10.1. The molecule has 18 heavy (non-hydrogen) atoms. The van der Waals surface area contributed by atoms with Crippen LogP contribution in [0.25, 0.3) is 11.1 Å². The summed E-state index contributed by atoms with van der Waals surface area (Å²) in [5.74, 6) is 0.226. The van der Waals surface area contributed by atoms with Gasteiger partial charge in [0.2, 0.25) is 0 Å². The van der Waals surface area contributed by atoms with Crippen molar-refractivity contribution < 1.29 is 10.2 Å². The SMILES string of the molecule is OC(CS)C(O)c1ccccc1-c1ccccc1. The van der Waals surface area contributed by atoms with Crippen molar-refractivity contribution in [1.29, 1.82) is 0 Å². The van der Waals surface area contributed by atoms with Gasteiger partial charge in [-0.1, -0.05) is 54.6 Å². The lowest BCUT2D eigenvalue weighted by molar-refractivity contribution is 0.0341. The Balaban J connectivity index is 2.44. The van der Waals surface area contributed by atoms with Gasteiger partial charge in [0.15, 0.2) is 0 Å². The minimum Gasteiger partial charge on any atom is -0.389 e. The Kier molecular flexibility index (Phi) is 4.42.